The Morgan fingerprint density at radius 2 is 1.83 bits per heavy atom. The zero-order chi connectivity index (χ0) is 17.0. The fourth-order valence-electron chi connectivity index (χ4n) is 2.59. The third kappa shape index (κ3) is 4.96. The fraction of sp³-hybridized carbons (Fsp3) is 0.556. The van der Waals surface area contributed by atoms with Gasteiger partial charge < -0.3 is 10.2 Å². The maximum absolute atomic E-state index is 12.4. The van der Waals surface area contributed by atoms with Crippen molar-refractivity contribution in [2.75, 3.05) is 13.1 Å². The third-order valence-corrected chi connectivity index (χ3v) is 4.53. The molecular weight excluding hydrogens is 312 g/mol. The zero-order valence-electron chi connectivity index (χ0n) is 14.1. The number of hydrogen-bond donors (Lipinski definition) is 1. The third-order valence-electron chi connectivity index (χ3n) is 4.16. The molecule has 0 atom stereocenters. The van der Waals surface area contributed by atoms with E-state index in [4.69, 9.17) is 11.6 Å². The minimum atomic E-state index is -0.378. The van der Waals surface area contributed by atoms with Crippen molar-refractivity contribution in [3.63, 3.8) is 0 Å². The van der Waals surface area contributed by atoms with Gasteiger partial charge in [0.1, 0.15) is 0 Å². The van der Waals surface area contributed by atoms with Gasteiger partial charge in [-0.25, -0.2) is 0 Å². The number of nitrogens with zero attached hydrogens (tertiary/aromatic N) is 1. The van der Waals surface area contributed by atoms with Gasteiger partial charge in [-0.2, -0.15) is 0 Å². The second kappa shape index (κ2) is 7.35. The van der Waals surface area contributed by atoms with Gasteiger partial charge in [0.2, 0.25) is 11.8 Å². The monoisotopic (exact) mass is 336 g/mol. The SMILES string of the molecule is CC(C)(C)C(=O)NC1CCN(C(=O)Cc2ccccc2Cl)CC1. The van der Waals surface area contributed by atoms with Gasteiger partial charge in [0.05, 0.1) is 6.42 Å². The molecule has 1 aromatic carbocycles. The van der Waals surface area contributed by atoms with Crippen LogP contribution in [0.15, 0.2) is 24.3 Å². The summed E-state index contributed by atoms with van der Waals surface area (Å²) in [5, 5.41) is 3.71. The second-order valence-corrected chi connectivity index (χ2v) is 7.55. The summed E-state index contributed by atoms with van der Waals surface area (Å²) in [4.78, 5) is 26.3. The van der Waals surface area contributed by atoms with Crippen LogP contribution in [0.2, 0.25) is 5.02 Å². The Balaban J connectivity index is 1.83. The lowest BCUT2D eigenvalue weighted by atomic mass is 9.94. The lowest BCUT2D eigenvalue weighted by Gasteiger charge is -2.34. The van der Waals surface area contributed by atoms with Gasteiger partial charge in [-0.1, -0.05) is 50.6 Å². The summed E-state index contributed by atoms with van der Waals surface area (Å²) in [5.74, 6) is 0.164. The molecule has 1 N–H and O–H groups in total. The Morgan fingerprint density at radius 3 is 2.39 bits per heavy atom. The number of benzene rings is 1. The molecule has 4 nitrogen and oxygen atoms in total. The van der Waals surface area contributed by atoms with E-state index < -0.39 is 0 Å². The molecule has 23 heavy (non-hydrogen) atoms. The normalized spacial score (nSPS) is 16.3. The number of nitrogens with one attached hydrogen (secondary N) is 1. The number of halogens is 1. The summed E-state index contributed by atoms with van der Waals surface area (Å²) >= 11 is 6.11. The van der Waals surface area contributed by atoms with Gasteiger partial charge in [-0.3, -0.25) is 9.59 Å². The standard InChI is InChI=1S/C18H25ClN2O2/c1-18(2,3)17(23)20-14-8-10-21(11-9-14)16(22)12-13-6-4-5-7-15(13)19/h4-7,14H,8-12H2,1-3H3,(H,20,23). The average molecular weight is 337 g/mol. The number of carbonyl (C=O) groups is 2. The van der Waals surface area contributed by atoms with Gasteiger partial charge in [-0.05, 0) is 24.5 Å². The maximum atomic E-state index is 12.4. The molecule has 0 unspecified atom stereocenters. The van der Waals surface area contributed by atoms with E-state index in [2.05, 4.69) is 5.32 Å². The Kier molecular flexibility index (Phi) is 5.69. The molecule has 1 aliphatic heterocycles. The molecule has 0 aromatic heterocycles. The van der Waals surface area contributed by atoms with Crippen LogP contribution in [0.1, 0.15) is 39.2 Å². The van der Waals surface area contributed by atoms with Crippen LogP contribution >= 0.6 is 11.6 Å². The summed E-state index contributed by atoms with van der Waals surface area (Å²) in [6.07, 6.45) is 1.94. The van der Waals surface area contributed by atoms with Crippen molar-refractivity contribution in [1.29, 1.82) is 0 Å². The van der Waals surface area contributed by atoms with Crippen LogP contribution in [0, 0.1) is 5.41 Å². The topological polar surface area (TPSA) is 49.4 Å². The van der Waals surface area contributed by atoms with E-state index in [1.165, 1.54) is 0 Å². The van der Waals surface area contributed by atoms with Crippen LogP contribution in [-0.4, -0.2) is 35.8 Å². The van der Waals surface area contributed by atoms with Crippen molar-refractivity contribution in [2.24, 2.45) is 5.41 Å². The minimum Gasteiger partial charge on any atom is -0.353 e. The molecule has 0 aliphatic carbocycles. The quantitative estimate of drug-likeness (QED) is 0.922. The molecule has 1 saturated heterocycles. The van der Waals surface area contributed by atoms with E-state index in [-0.39, 0.29) is 23.3 Å². The Morgan fingerprint density at radius 1 is 1.22 bits per heavy atom. The first-order chi connectivity index (χ1) is 10.8. The first-order valence-electron chi connectivity index (χ1n) is 8.09. The highest BCUT2D eigenvalue weighted by molar-refractivity contribution is 6.31. The van der Waals surface area contributed by atoms with Crippen molar-refractivity contribution in [3.8, 4) is 0 Å². The molecule has 1 fully saturated rings. The zero-order valence-corrected chi connectivity index (χ0v) is 14.8. The van der Waals surface area contributed by atoms with E-state index >= 15 is 0 Å². The number of hydrogen-bond acceptors (Lipinski definition) is 2. The van der Waals surface area contributed by atoms with Crippen LogP contribution in [0.3, 0.4) is 0 Å². The summed E-state index contributed by atoms with van der Waals surface area (Å²) in [6.45, 7) is 7.08. The predicted molar refractivity (Wildman–Crippen MR) is 92.4 cm³/mol. The van der Waals surface area contributed by atoms with E-state index in [1.54, 1.807) is 6.07 Å². The molecule has 2 amide bonds. The van der Waals surface area contributed by atoms with Crippen molar-refractivity contribution in [1.82, 2.24) is 10.2 Å². The first-order valence-corrected chi connectivity index (χ1v) is 8.47. The highest BCUT2D eigenvalue weighted by atomic mass is 35.5. The minimum absolute atomic E-state index is 0.0679. The number of likely N-dealkylation sites (tertiary alicyclic amines) is 1. The molecule has 2 rings (SSSR count). The molecule has 5 heteroatoms. The molecule has 0 radical (unpaired) electrons. The summed E-state index contributed by atoms with van der Waals surface area (Å²) in [7, 11) is 0. The molecule has 1 aliphatic rings. The highest BCUT2D eigenvalue weighted by Gasteiger charge is 2.28. The molecule has 126 valence electrons. The molecule has 1 heterocycles. The van der Waals surface area contributed by atoms with Gasteiger partial charge in [0.25, 0.3) is 0 Å². The van der Waals surface area contributed by atoms with E-state index in [9.17, 15) is 9.59 Å². The lowest BCUT2D eigenvalue weighted by molar-refractivity contribution is -0.132. The van der Waals surface area contributed by atoms with Crippen LogP contribution in [0.5, 0.6) is 0 Å². The van der Waals surface area contributed by atoms with Crippen LogP contribution in [0.4, 0.5) is 0 Å². The van der Waals surface area contributed by atoms with Crippen molar-refractivity contribution < 1.29 is 9.59 Å². The molecule has 0 bridgehead atoms. The Bertz CT molecular complexity index is 573. The second-order valence-electron chi connectivity index (χ2n) is 7.15. The Hall–Kier alpha value is -1.55. The van der Waals surface area contributed by atoms with E-state index in [0.717, 1.165) is 18.4 Å². The van der Waals surface area contributed by atoms with Gasteiger partial charge in [0.15, 0.2) is 0 Å². The molecule has 0 saturated carbocycles. The summed E-state index contributed by atoms with van der Waals surface area (Å²) in [5.41, 5.74) is 0.485. The highest BCUT2D eigenvalue weighted by Crippen LogP contribution is 2.19. The summed E-state index contributed by atoms with van der Waals surface area (Å²) in [6, 6.07) is 7.60. The molecule has 0 spiro atoms. The number of carbonyl (C=O) groups excluding carboxylic acids is 2. The van der Waals surface area contributed by atoms with E-state index in [0.29, 0.717) is 24.5 Å². The number of piperidine rings is 1. The largest absolute Gasteiger partial charge is 0.353 e. The number of rotatable bonds is 3. The lowest BCUT2D eigenvalue weighted by Crippen LogP contribution is -2.49. The summed E-state index contributed by atoms with van der Waals surface area (Å²) < 4.78 is 0. The van der Waals surface area contributed by atoms with Gasteiger partial charge >= 0.3 is 0 Å². The van der Waals surface area contributed by atoms with Crippen LogP contribution in [0.25, 0.3) is 0 Å². The maximum Gasteiger partial charge on any atom is 0.227 e. The fourth-order valence-corrected chi connectivity index (χ4v) is 2.79. The van der Waals surface area contributed by atoms with Crippen molar-refractivity contribution >= 4 is 23.4 Å². The smallest absolute Gasteiger partial charge is 0.227 e. The predicted octanol–water partition coefficient (Wildman–Crippen LogP) is 3.04. The first kappa shape index (κ1) is 17.8. The van der Waals surface area contributed by atoms with Crippen LogP contribution in [-0.2, 0) is 16.0 Å². The Labute approximate surface area is 143 Å². The molecular formula is C18H25ClN2O2. The van der Waals surface area contributed by atoms with E-state index in [1.807, 2.05) is 43.9 Å². The van der Waals surface area contributed by atoms with Gasteiger partial charge in [-0.15, -0.1) is 0 Å². The van der Waals surface area contributed by atoms with Crippen LogP contribution < -0.4 is 5.32 Å². The van der Waals surface area contributed by atoms with Gasteiger partial charge in [0, 0.05) is 29.6 Å². The van der Waals surface area contributed by atoms with Crippen molar-refractivity contribution in [3.05, 3.63) is 34.9 Å². The number of amides is 2. The van der Waals surface area contributed by atoms with Crippen molar-refractivity contribution in [2.45, 2.75) is 46.1 Å². The molecule has 1 aromatic rings. The average Bonchev–Trinajstić information content (AvgIpc) is 2.49.